The van der Waals surface area contributed by atoms with Gasteiger partial charge >= 0.3 is 0 Å². The van der Waals surface area contributed by atoms with Crippen molar-refractivity contribution in [2.24, 2.45) is 0 Å². The molecule has 4 heteroatoms. The van der Waals surface area contributed by atoms with E-state index in [2.05, 4.69) is 11.2 Å². The Bertz CT molecular complexity index is 339. The molecule has 1 unspecified atom stereocenters. The number of halogens is 1. The molecule has 1 atom stereocenters. The minimum atomic E-state index is -2.71. The molecule has 0 heterocycles. The van der Waals surface area contributed by atoms with Crippen molar-refractivity contribution in [3.63, 3.8) is 0 Å². The van der Waals surface area contributed by atoms with Gasteiger partial charge in [0.2, 0.25) is 0 Å². The van der Waals surface area contributed by atoms with Crippen LogP contribution in [0.15, 0.2) is 29.2 Å². The fraction of sp³-hybridized carbons (Fsp3) is 0.143. The molecule has 0 bridgehead atoms. The van der Waals surface area contributed by atoms with Crippen molar-refractivity contribution >= 4 is 29.6 Å². The summed E-state index contributed by atoms with van der Waals surface area (Å²) in [6, 6.07) is 7.06. The maximum atomic E-state index is 11.1. The molecule has 0 aromatic heterocycles. The summed E-state index contributed by atoms with van der Waals surface area (Å²) in [7, 11) is 2.74. The number of benzene rings is 1. The molecule has 1 rings (SSSR count). The predicted octanol–water partition coefficient (Wildman–Crippen LogP) is 2.25. The molecule has 1 aromatic rings. The highest BCUT2D eigenvalue weighted by atomic mass is 35.7. The molecule has 0 fully saturated rings. The van der Waals surface area contributed by atoms with Crippen LogP contribution in [0.4, 0.5) is 0 Å². The minimum Gasteiger partial charge on any atom is -0.236 e. The van der Waals surface area contributed by atoms with Crippen LogP contribution in [0.1, 0.15) is 5.56 Å². The van der Waals surface area contributed by atoms with Crippen LogP contribution in [-0.4, -0.2) is 4.21 Å². The zero-order valence-electron chi connectivity index (χ0n) is 5.91. The molecule has 0 amide bonds. The first-order valence-corrected chi connectivity index (χ1v) is 6.32. The first kappa shape index (κ1) is 8.97. The molecule has 0 saturated heterocycles. The van der Waals surface area contributed by atoms with Gasteiger partial charge < -0.3 is 0 Å². The predicted molar refractivity (Wildman–Crippen MR) is 50.8 cm³/mol. The largest absolute Gasteiger partial charge is 0.236 e. The molecular formula is C7H7ClOS2. The van der Waals surface area contributed by atoms with E-state index in [1.165, 1.54) is 0 Å². The van der Waals surface area contributed by atoms with E-state index in [4.69, 9.17) is 10.7 Å². The van der Waals surface area contributed by atoms with Gasteiger partial charge in [-0.2, -0.15) is 0 Å². The summed E-state index contributed by atoms with van der Waals surface area (Å²) in [6.45, 7) is 1.95. The molecule has 60 valence electrons. The van der Waals surface area contributed by atoms with Crippen molar-refractivity contribution in [3.8, 4) is 0 Å². The van der Waals surface area contributed by atoms with E-state index in [-0.39, 0.29) is 0 Å². The van der Waals surface area contributed by atoms with Gasteiger partial charge in [0.05, 0.1) is 4.90 Å². The summed E-state index contributed by atoms with van der Waals surface area (Å²) >= 11 is 4.59. The van der Waals surface area contributed by atoms with Crippen LogP contribution >= 0.6 is 10.7 Å². The van der Waals surface area contributed by atoms with Gasteiger partial charge in [0.1, 0.15) is 7.71 Å². The van der Waals surface area contributed by atoms with Gasteiger partial charge in [-0.25, -0.2) is 4.21 Å². The first-order chi connectivity index (χ1) is 5.00. The Hall–Kier alpha value is -0.120. The van der Waals surface area contributed by atoms with E-state index in [9.17, 15) is 4.21 Å². The van der Waals surface area contributed by atoms with Crippen LogP contribution in [0.3, 0.4) is 0 Å². The summed E-state index contributed by atoms with van der Waals surface area (Å²) in [6.07, 6.45) is 0. The fourth-order valence-electron chi connectivity index (χ4n) is 0.701. The third kappa shape index (κ3) is 2.43. The Morgan fingerprint density at radius 2 is 1.82 bits per heavy atom. The molecule has 11 heavy (non-hydrogen) atoms. The monoisotopic (exact) mass is 206 g/mol. The SMILES string of the molecule is Cc1ccc(S(=O)(=S)Cl)cc1. The van der Waals surface area contributed by atoms with Crippen molar-refractivity contribution in [1.29, 1.82) is 0 Å². The number of hydrogen-bond acceptors (Lipinski definition) is 2. The van der Waals surface area contributed by atoms with E-state index >= 15 is 0 Å². The minimum absolute atomic E-state index is 0.514. The molecule has 0 saturated carbocycles. The molecule has 0 aliphatic rings. The molecule has 1 nitrogen and oxygen atoms in total. The van der Waals surface area contributed by atoms with Gasteiger partial charge in [0.25, 0.3) is 0 Å². The van der Waals surface area contributed by atoms with Crippen LogP contribution in [0.5, 0.6) is 0 Å². The van der Waals surface area contributed by atoms with Crippen LogP contribution in [0.2, 0.25) is 0 Å². The summed E-state index contributed by atoms with van der Waals surface area (Å²) in [5, 5.41) is 0. The van der Waals surface area contributed by atoms with Gasteiger partial charge in [-0.05, 0) is 29.7 Å². The molecule has 1 aromatic carbocycles. The van der Waals surface area contributed by atoms with Crippen LogP contribution < -0.4 is 0 Å². The molecule has 0 spiro atoms. The Morgan fingerprint density at radius 3 is 2.18 bits per heavy atom. The molecule has 0 aliphatic carbocycles. The zero-order valence-corrected chi connectivity index (χ0v) is 8.30. The van der Waals surface area contributed by atoms with Gasteiger partial charge in [-0.15, -0.1) is 0 Å². The lowest BCUT2D eigenvalue weighted by molar-refractivity contribution is 0.690. The van der Waals surface area contributed by atoms with Gasteiger partial charge in [-0.3, -0.25) is 0 Å². The van der Waals surface area contributed by atoms with Crippen molar-refractivity contribution in [1.82, 2.24) is 0 Å². The van der Waals surface area contributed by atoms with E-state index < -0.39 is 7.71 Å². The Kier molecular flexibility index (Phi) is 2.52. The van der Waals surface area contributed by atoms with Crippen molar-refractivity contribution in [3.05, 3.63) is 29.8 Å². The molecule has 0 aliphatic heterocycles. The maximum Gasteiger partial charge on any atom is 0.141 e. The third-order valence-corrected chi connectivity index (χ3v) is 3.25. The lowest BCUT2D eigenvalue weighted by Gasteiger charge is -1.97. The maximum absolute atomic E-state index is 11.1. The fourth-order valence-corrected chi connectivity index (χ4v) is 1.80. The van der Waals surface area contributed by atoms with E-state index in [0.29, 0.717) is 4.90 Å². The van der Waals surface area contributed by atoms with Gasteiger partial charge in [0.15, 0.2) is 0 Å². The zero-order chi connectivity index (χ0) is 8.48. The second kappa shape index (κ2) is 3.09. The third-order valence-electron chi connectivity index (χ3n) is 1.30. The van der Waals surface area contributed by atoms with E-state index in [1.54, 1.807) is 12.1 Å². The normalized spacial score (nSPS) is 15.8. The lowest BCUT2D eigenvalue weighted by atomic mass is 10.2. The molecule has 0 radical (unpaired) electrons. The Labute approximate surface area is 75.6 Å². The van der Waals surface area contributed by atoms with Crippen molar-refractivity contribution in [2.45, 2.75) is 11.8 Å². The van der Waals surface area contributed by atoms with Crippen molar-refractivity contribution < 1.29 is 4.21 Å². The summed E-state index contributed by atoms with van der Waals surface area (Å²) < 4.78 is 11.1. The van der Waals surface area contributed by atoms with Gasteiger partial charge in [0, 0.05) is 11.2 Å². The van der Waals surface area contributed by atoms with E-state index in [1.807, 2.05) is 19.1 Å². The Morgan fingerprint density at radius 1 is 1.36 bits per heavy atom. The highest BCUT2D eigenvalue weighted by Gasteiger charge is 2.03. The van der Waals surface area contributed by atoms with Crippen molar-refractivity contribution in [2.75, 3.05) is 0 Å². The molecule has 0 N–H and O–H groups in total. The topological polar surface area (TPSA) is 17.1 Å². The standard InChI is InChI=1S/C7H7ClOS2/c1-6-2-4-7(5-3-6)11(8,9)10/h2-5H,1H3. The van der Waals surface area contributed by atoms with Crippen LogP contribution in [0.25, 0.3) is 0 Å². The first-order valence-electron chi connectivity index (χ1n) is 3.01. The number of aryl methyl sites for hydroxylation is 1. The quantitative estimate of drug-likeness (QED) is 0.656. The van der Waals surface area contributed by atoms with Crippen LogP contribution in [-0.2, 0) is 18.9 Å². The lowest BCUT2D eigenvalue weighted by Crippen LogP contribution is -1.87. The van der Waals surface area contributed by atoms with E-state index in [0.717, 1.165) is 5.56 Å². The van der Waals surface area contributed by atoms with Gasteiger partial charge in [-0.1, -0.05) is 17.7 Å². The number of hydrogen-bond donors (Lipinski definition) is 0. The average Bonchev–Trinajstić information content (AvgIpc) is 1.86. The second-order valence-electron chi connectivity index (χ2n) is 2.25. The second-order valence-corrected chi connectivity index (χ2v) is 6.86. The Balaban J connectivity index is 3.20. The number of rotatable bonds is 1. The highest BCUT2D eigenvalue weighted by Crippen LogP contribution is 2.15. The summed E-state index contributed by atoms with van der Waals surface area (Å²) in [5.74, 6) is 0. The smallest absolute Gasteiger partial charge is 0.141 e. The average molecular weight is 207 g/mol. The molecular weight excluding hydrogens is 200 g/mol. The summed E-state index contributed by atoms with van der Waals surface area (Å²) in [5.41, 5.74) is 1.10. The summed E-state index contributed by atoms with van der Waals surface area (Å²) in [4.78, 5) is 0.514. The van der Waals surface area contributed by atoms with Crippen LogP contribution in [0, 0.1) is 6.92 Å². The highest BCUT2D eigenvalue weighted by molar-refractivity contribution is 8.46.